The molecule has 10 rings (SSSR count). The molecule has 2 heterocycles. The highest BCUT2D eigenvalue weighted by Crippen LogP contribution is 2.62. The minimum atomic E-state index is -1.08. The first-order chi connectivity index (χ1) is 19.8. The van der Waals surface area contributed by atoms with Crippen LogP contribution < -0.4 is 5.11 Å². The zero-order chi connectivity index (χ0) is 27.9. The molecular weight excluding hydrogens is 524 g/mol. The van der Waals surface area contributed by atoms with Crippen LogP contribution in [0.15, 0.2) is 59.6 Å². The molecule has 0 aromatic heterocycles. The highest BCUT2D eigenvalue weighted by atomic mass is 16.8. The van der Waals surface area contributed by atoms with Gasteiger partial charge in [0.05, 0.1) is 11.5 Å². The highest BCUT2D eigenvalue weighted by molar-refractivity contribution is 6.15. The van der Waals surface area contributed by atoms with E-state index in [1.54, 1.807) is 30.4 Å². The Kier molecular flexibility index (Phi) is 5.64. The maximum atomic E-state index is 12.9. The molecule has 0 aromatic carbocycles. The monoisotopic (exact) mass is 559 g/mol. The fourth-order valence-electron chi connectivity index (χ4n) is 10.1. The molecule has 0 amide bonds. The van der Waals surface area contributed by atoms with E-state index in [2.05, 4.69) is 0 Å². The van der Waals surface area contributed by atoms with Gasteiger partial charge in [-0.15, -0.1) is 0 Å². The summed E-state index contributed by atoms with van der Waals surface area (Å²) in [7, 11) is 0. The first-order valence-corrected chi connectivity index (χ1v) is 15.3. The van der Waals surface area contributed by atoms with Gasteiger partial charge in [0.1, 0.15) is 5.57 Å². The van der Waals surface area contributed by atoms with Crippen molar-refractivity contribution in [3.63, 3.8) is 0 Å². The lowest BCUT2D eigenvalue weighted by Crippen LogP contribution is -2.63. The van der Waals surface area contributed by atoms with E-state index in [1.807, 2.05) is 0 Å². The van der Waals surface area contributed by atoms with Crippen LogP contribution in [0.3, 0.4) is 0 Å². The van der Waals surface area contributed by atoms with Crippen LogP contribution in [0.1, 0.15) is 64.2 Å². The molecule has 8 saturated carbocycles. The maximum absolute atomic E-state index is 12.9. The summed E-state index contributed by atoms with van der Waals surface area (Å²) < 4.78 is 23.5. The lowest BCUT2D eigenvalue weighted by atomic mass is 9.53. The van der Waals surface area contributed by atoms with Gasteiger partial charge in [-0.3, -0.25) is 0 Å². The van der Waals surface area contributed by atoms with E-state index in [4.69, 9.17) is 18.9 Å². The Morgan fingerprint density at radius 3 is 1.44 bits per heavy atom. The second-order valence-electron chi connectivity index (χ2n) is 13.7. The minimum Gasteiger partial charge on any atom is -0.574 e. The lowest BCUT2D eigenvalue weighted by Gasteiger charge is -2.63. The van der Waals surface area contributed by atoms with E-state index < -0.39 is 35.4 Å². The van der Waals surface area contributed by atoms with Gasteiger partial charge in [-0.1, -0.05) is 30.4 Å². The molecule has 8 heteroatoms. The molecule has 9 fully saturated rings. The third-order valence-electron chi connectivity index (χ3n) is 11.4. The van der Waals surface area contributed by atoms with Crippen molar-refractivity contribution in [3.05, 3.63) is 59.6 Å². The molecule has 0 N–H and O–H groups in total. The van der Waals surface area contributed by atoms with Crippen molar-refractivity contribution in [2.45, 2.75) is 75.8 Å². The van der Waals surface area contributed by atoms with Crippen LogP contribution >= 0.6 is 0 Å². The van der Waals surface area contributed by atoms with Crippen LogP contribution in [0.5, 0.6) is 0 Å². The van der Waals surface area contributed by atoms with Crippen molar-refractivity contribution in [2.75, 3.05) is 0 Å². The second-order valence-corrected chi connectivity index (χ2v) is 13.7. The summed E-state index contributed by atoms with van der Waals surface area (Å²) in [6.45, 7) is 0. The standard InChI is InChI=1S/C33H36O8/c34-28-26(29(35)39-32(38-28)22-10-18-8-19(12-22)13-23(32)11-18)6-4-2-1-3-5-7-27-30(36)40-33(41-31(27)37)24-14-20-9-21(16-24)17-25(33)15-20/h1-7,18-25,34H,8-17H2/p-1/b2-1+,5-3+,6-4+,27-7?. The SMILES string of the molecule is O=C1OC2(OC(=O)C1=C/C=C/C=C/C=C/C1=C([O-])OC3(OC1=O)C1CC4CC(C1)CC3C4)C1CC3CC(C1)CC2C3. The molecule has 0 aromatic rings. The predicted molar refractivity (Wildman–Crippen MR) is 141 cm³/mol. The number of carbonyl (C=O) groups excluding carboxylic acids is 3. The third kappa shape index (κ3) is 3.88. The molecule has 216 valence electrons. The molecule has 1 saturated heterocycles. The number of rotatable bonds is 4. The third-order valence-corrected chi connectivity index (χ3v) is 11.4. The van der Waals surface area contributed by atoms with Crippen molar-refractivity contribution in [2.24, 2.45) is 47.3 Å². The maximum Gasteiger partial charge on any atom is 0.348 e. The number of hydrogen-bond acceptors (Lipinski definition) is 8. The van der Waals surface area contributed by atoms with Gasteiger partial charge in [0.15, 0.2) is 5.79 Å². The Labute approximate surface area is 239 Å². The number of carbonyl (C=O) groups is 3. The number of ether oxygens (including phenoxy) is 4. The molecule has 10 aliphatic rings. The Morgan fingerprint density at radius 2 is 0.951 bits per heavy atom. The number of allylic oxidation sites excluding steroid dienone is 6. The van der Waals surface area contributed by atoms with E-state index in [1.165, 1.54) is 25.0 Å². The molecule has 2 aliphatic heterocycles. The molecule has 41 heavy (non-hydrogen) atoms. The topological polar surface area (TPSA) is 111 Å². The van der Waals surface area contributed by atoms with Gasteiger partial charge in [0.25, 0.3) is 5.79 Å². The van der Waals surface area contributed by atoms with Crippen LogP contribution in [0.4, 0.5) is 0 Å². The molecule has 2 spiro atoms. The van der Waals surface area contributed by atoms with Gasteiger partial charge in [-0.2, -0.15) is 0 Å². The fraction of sp³-hybridized carbons (Fsp3) is 0.606. The average molecular weight is 560 g/mol. The predicted octanol–water partition coefficient (Wildman–Crippen LogP) is 4.13. The summed E-state index contributed by atoms with van der Waals surface area (Å²) >= 11 is 0. The van der Waals surface area contributed by atoms with Crippen LogP contribution in [-0.4, -0.2) is 29.5 Å². The Balaban J connectivity index is 0.899. The minimum absolute atomic E-state index is 0.105. The van der Waals surface area contributed by atoms with Crippen molar-refractivity contribution < 1.29 is 38.4 Å². The normalized spacial score (nSPS) is 45.9. The summed E-state index contributed by atoms with van der Waals surface area (Å²) in [5.41, 5.74) is -0.238. The zero-order valence-corrected chi connectivity index (χ0v) is 23.0. The Bertz CT molecular complexity index is 1270. The van der Waals surface area contributed by atoms with E-state index in [-0.39, 0.29) is 34.8 Å². The van der Waals surface area contributed by atoms with E-state index in [0.29, 0.717) is 23.7 Å². The Morgan fingerprint density at radius 1 is 0.537 bits per heavy atom. The summed E-state index contributed by atoms with van der Waals surface area (Å²) in [6, 6.07) is 0. The van der Waals surface area contributed by atoms with E-state index in [0.717, 1.165) is 51.4 Å². The second kappa shape index (κ2) is 9.10. The van der Waals surface area contributed by atoms with Crippen LogP contribution in [0, 0.1) is 47.3 Å². The van der Waals surface area contributed by atoms with Gasteiger partial charge >= 0.3 is 17.9 Å². The van der Waals surface area contributed by atoms with Crippen molar-refractivity contribution in [3.8, 4) is 0 Å². The fourth-order valence-corrected chi connectivity index (χ4v) is 10.1. The summed E-state index contributed by atoms with van der Waals surface area (Å²) in [4.78, 5) is 38.6. The van der Waals surface area contributed by atoms with Gasteiger partial charge in [0.2, 0.25) is 0 Å². The van der Waals surface area contributed by atoms with E-state index >= 15 is 0 Å². The Hall–Kier alpha value is -3.29. The molecule has 0 unspecified atom stereocenters. The van der Waals surface area contributed by atoms with Crippen molar-refractivity contribution >= 4 is 17.9 Å². The molecule has 8 nitrogen and oxygen atoms in total. The van der Waals surface area contributed by atoms with Gasteiger partial charge in [-0.05, 0) is 100 Å². The van der Waals surface area contributed by atoms with Crippen LogP contribution in [0.25, 0.3) is 0 Å². The number of hydrogen-bond donors (Lipinski definition) is 0. The highest BCUT2D eigenvalue weighted by Gasteiger charge is 2.64. The molecule has 8 bridgehead atoms. The molecule has 8 aliphatic carbocycles. The smallest absolute Gasteiger partial charge is 0.348 e. The zero-order valence-electron chi connectivity index (χ0n) is 23.0. The quantitative estimate of drug-likeness (QED) is 0.219. The van der Waals surface area contributed by atoms with Gasteiger partial charge in [-0.25, -0.2) is 14.4 Å². The summed E-state index contributed by atoms with van der Waals surface area (Å²) in [6.07, 6.45) is 21.0. The average Bonchev–Trinajstić information content (AvgIpc) is 2.91. The first kappa shape index (κ1) is 25.4. The number of esters is 3. The lowest BCUT2D eigenvalue weighted by molar-refractivity contribution is -0.424. The summed E-state index contributed by atoms with van der Waals surface area (Å²) in [5, 5.41) is 12.9. The van der Waals surface area contributed by atoms with Crippen molar-refractivity contribution in [1.29, 1.82) is 0 Å². The van der Waals surface area contributed by atoms with Gasteiger partial charge < -0.3 is 24.1 Å². The first-order valence-electron chi connectivity index (χ1n) is 15.3. The van der Waals surface area contributed by atoms with E-state index in [9.17, 15) is 19.5 Å². The largest absolute Gasteiger partial charge is 0.574 e. The molecular formula is C33H35O8-. The van der Waals surface area contributed by atoms with Gasteiger partial charge in [0, 0.05) is 23.7 Å². The van der Waals surface area contributed by atoms with Crippen molar-refractivity contribution in [1.82, 2.24) is 0 Å². The molecule has 0 radical (unpaired) electrons. The summed E-state index contributed by atoms with van der Waals surface area (Å²) in [5.74, 6) is -1.58. The molecule has 0 atom stereocenters. The van der Waals surface area contributed by atoms with Crippen LogP contribution in [-0.2, 0) is 33.3 Å². The van der Waals surface area contributed by atoms with Crippen LogP contribution in [0.2, 0.25) is 0 Å².